The molecule has 0 amide bonds. The number of rotatable bonds is 4. The van der Waals surface area contributed by atoms with Gasteiger partial charge in [-0.1, -0.05) is 0 Å². The van der Waals surface area contributed by atoms with E-state index in [-0.39, 0.29) is 11.4 Å². The van der Waals surface area contributed by atoms with Crippen LogP contribution < -0.4 is 10.5 Å². The summed E-state index contributed by atoms with van der Waals surface area (Å²) in [6.45, 7) is 0.271. The molecule has 0 atom stereocenters. The van der Waals surface area contributed by atoms with E-state index in [2.05, 4.69) is 20.7 Å². The number of hydrogen-bond donors (Lipinski definition) is 2. The minimum Gasteiger partial charge on any atom is -0.326 e. The average molecular weight is 491 g/mol. The van der Waals surface area contributed by atoms with Crippen molar-refractivity contribution in [2.24, 2.45) is 5.73 Å². The van der Waals surface area contributed by atoms with Crippen LogP contribution in [0, 0.1) is 9.39 Å². The second-order valence-corrected chi connectivity index (χ2v) is 9.05. The summed E-state index contributed by atoms with van der Waals surface area (Å²) in [5.74, 6) is -0.417. The lowest BCUT2D eigenvalue weighted by molar-refractivity contribution is 0.601. The zero-order valence-electron chi connectivity index (χ0n) is 9.86. The van der Waals surface area contributed by atoms with Crippen LogP contribution in [0.1, 0.15) is 4.88 Å². The van der Waals surface area contributed by atoms with Gasteiger partial charge in [0.1, 0.15) is 10.7 Å². The molecular weight excluding hydrogens is 482 g/mol. The molecular formula is C11H9BrFIN2O2S2. The number of hydrogen-bond acceptors (Lipinski definition) is 4. The van der Waals surface area contributed by atoms with E-state index in [1.807, 2.05) is 22.6 Å². The normalized spacial score (nSPS) is 11.6. The second-order valence-electron chi connectivity index (χ2n) is 3.78. The largest absolute Gasteiger partial charge is 0.326 e. The van der Waals surface area contributed by atoms with Gasteiger partial charge in [-0.05, 0) is 62.8 Å². The highest BCUT2D eigenvalue weighted by Gasteiger charge is 2.21. The van der Waals surface area contributed by atoms with Gasteiger partial charge >= 0.3 is 0 Å². The Morgan fingerprint density at radius 3 is 2.65 bits per heavy atom. The summed E-state index contributed by atoms with van der Waals surface area (Å²) < 4.78 is 41.1. The lowest BCUT2D eigenvalue weighted by atomic mass is 10.3. The van der Waals surface area contributed by atoms with E-state index < -0.39 is 15.8 Å². The van der Waals surface area contributed by atoms with Gasteiger partial charge in [-0.2, -0.15) is 0 Å². The number of benzene rings is 1. The molecule has 0 aliphatic rings. The summed E-state index contributed by atoms with van der Waals surface area (Å²) in [6, 6.07) is 5.37. The third kappa shape index (κ3) is 3.50. The predicted octanol–water partition coefficient (Wildman–Crippen LogP) is 3.51. The fourth-order valence-electron chi connectivity index (χ4n) is 1.45. The lowest BCUT2D eigenvalue weighted by Gasteiger charge is -2.09. The van der Waals surface area contributed by atoms with E-state index in [0.29, 0.717) is 13.0 Å². The molecule has 0 unspecified atom stereocenters. The molecule has 20 heavy (non-hydrogen) atoms. The van der Waals surface area contributed by atoms with Crippen LogP contribution in [-0.4, -0.2) is 8.42 Å². The number of halogens is 3. The SMILES string of the molecule is NCc1cc(S(=O)(=O)Nc2ccc(F)cc2I)c(Br)s1. The molecule has 9 heteroatoms. The van der Waals surface area contributed by atoms with Crippen LogP contribution in [0.2, 0.25) is 0 Å². The predicted molar refractivity (Wildman–Crippen MR) is 89.8 cm³/mol. The summed E-state index contributed by atoms with van der Waals surface area (Å²) >= 11 is 6.36. The summed E-state index contributed by atoms with van der Waals surface area (Å²) in [7, 11) is -3.74. The Labute approximate surface area is 141 Å². The van der Waals surface area contributed by atoms with Crippen molar-refractivity contribution in [3.05, 3.63) is 42.3 Å². The summed E-state index contributed by atoms with van der Waals surface area (Å²) in [5.41, 5.74) is 5.83. The summed E-state index contributed by atoms with van der Waals surface area (Å²) in [5, 5.41) is 0. The van der Waals surface area contributed by atoms with Gasteiger partial charge in [-0.15, -0.1) is 11.3 Å². The van der Waals surface area contributed by atoms with Crippen molar-refractivity contribution in [1.82, 2.24) is 0 Å². The number of sulfonamides is 1. The fraction of sp³-hybridized carbons (Fsp3) is 0.0909. The summed E-state index contributed by atoms with van der Waals surface area (Å²) in [4.78, 5) is 0.883. The Morgan fingerprint density at radius 2 is 2.10 bits per heavy atom. The molecule has 0 saturated carbocycles. The molecule has 0 radical (unpaired) electrons. The Bertz CT molecular complexity index is 749. The lowest BCUT2D eigenvalue weighted by Crippen LogP contribution is -2.13. The zero-order valence-corrected chi connectivity index (χ0v) is 15.2. The first kappa shape index (κ1) is 16.1. The summed E-state index contributed by atoms with van der Waals surface area (Å²) in [6.07, 6.45) is 0. The molecule has 1 heterocycles. The van der Waals surface area contributed by atoms with Crippen molar-refractivity contribution in [3.8, 4) is 0 Å². The Morgan fingerprint density at radius 1 is 1.40 bits per heavy atom. The molecule has 2 rings (SSSR count). The Hall–Kier alpha value is -0.230. The van der Waals surface area contributed by atoms with E-state index >= 15 is 0 Å². The molecule has 2 aromatic rings. The Kier molecular flexibility index (Phi) is 5.05. The van der Waals surface area contributed by atoms with Gasteiger partial charge in [0.05, 0.1) is 9.47 Å². The van der Waals surface area contributed by atoms with Crippen LogP contribution in [0.4, 0.5) is 10.1 Å². The van der Waals surface area contributed by atoms with Crippen molar-refractivity contribution >= 4 is 65.6 Å². The highest BCUT2D eigenvalue weighted by molar-refractivity contribution is 14.1. The van der Waals surface area contributed by atoms with Crippen molar-refractivity contribution in [1.29, 1.82) is 0 Å². The maximum Gasteiger partial charge on any atom is 0.263 e. The Balaban J connectivity index is 2.38. The van der Waals surface area contributed by atoms with Gasteiger partial charge < -0.3 is 5.73 Å². The number of thiophene rings is 1. The molecule has 0 bridgehead atoms. The highest BCUT2D eigenvalue weighted by atomic mass is 127. The minimum absolute atomic E-state index is 0.128. The van der Waals surface area contributed by atoms with Crippen molar-refractivity contribution in [2.75, 3.05) is 4.72 Å². The number of nitrogens with two attached hydrogens (primary N) is 1. The topological polar surface area (TPSA) is 72.2 Å². The second kappa shape index (κ2) is 6.26. The van der Waals surface area contributed by atoms with E-state index in [1.54, 1.807) is 0 Å². The van der Waals surface area contributed by atoms with E-state index in [4.69, 9.17) is 5.73 Å². The number of nitrogens with one attached hydrogen (secondary N) is 1. The van der Waals surface area contributed by atoms with Gasteiger partial charge in [0.25, 0.3) is 10.0 Å². The van der Waals surface area contributed by atoms with Crippen LogP contribution in [0.15, 0.2) is 32.9 Å². The molecule has 1 aromatic carbocycles. The first-order valence-electron chi connectivity index (χ1n) is 5.29. The molecule has 0 fully saturated rings. The molecule has 3 N–H and O–H groups in total. The van der Waals surface area contributed by atoms with Crippen LogP contribution in [-0.2, 0) is 16.6 Å². The molecule has 0 aliphatic heterocycles. The third-order valence-corrected chi connectivity index (χ3v) is 6.91. The third-order valence-electron chi connectivity index (χ3n) is 2.37. The van der Waals surface area contributed by atoms with E-state index in [9.17, 15) is 12.8 Å². The molecule has 0 aliphatic carbocycles. The zero-order chi connectivity index (χ0) is 14.9. The molecule has 1 aromatic heterocycles. The quantitative estimate of drug-likeness (QED) is 0.644. The maximum absolute atomic E-state index is 13.0. The monoisotopic (exact) mass is 490 g/mol. The standard InChI is InChI=1S/C11H9BrFIN2O2S2/c12-11-10(4-7(5-15)19-11)20(17,18)16-9-2-1-6(13)3-8(9)14/h1-4,16H,5,15H2. The van der Waals surface area contributed by atoms with Gasteiger partial charge in [0.2, 0.25) is 0 Å². The van der Waals surface area contributed by atoms with Gasteiger partial charge in [0, 0.05) is 15.0 Å². The van der Waals surface area contributed by atoms with Crippen molar-refractivity contribution in [2.45, 2.75) is 11.4 Å². The van der Waals surface area contributed by atoms with Crippen LogP contribution >= 0.6 is 49.9 Å². The molecule has 4 nitrogen and oxygen atoms in total. The van der Waals surface area contributed by atoms with Gasteiger partial charge in [0.15, 0.2) is 0 Å². The molecule has 0 spiro atoms. The van der Waals surface area contributed by atoms with Crippen LogP contribution in [0.25, 0.3) is 0 Å². The van der Waals surface area contributed by atoms with Gasteiger partial charge in [-0.3, -0.25) is 4.72 Å². The first-order valence-corrected chi connectivity index (χ1v) is 9.47. The van der Waals surface area contributed by atoms with Crippen LogP contribution in [0.5, 0.6) is 0 Å². The van der Waals surface area contributed by atoms with E-state index in [1.165, 1.54) is 35.6 Å². The fourth-order valence-corrected chi connectivity index (χ4v) is 5.89. The number of anilines is 1. The van der Waals surface area contributed by atoms with E-state index in [0.717, 1.165) is 4.88 Å². The van der Waals surface area contributed by atoms with Crippen LogP contribution in [0.3, 0.4) is 0 Å². The van der Waals surface area contributed by atoms with Gasteiger partial charge in [-0.25, -0.2) is 12.8 Å². The van der Waals surface area contributed by atoms with Crippen molar-refractivity contribution in [3.63, 3.8) is 0 Å². The molecule has 108 valence electrons. The maximum atomic E-state index is 13.0. The smallest absolute Gasteiger partial charge is 0.263 e. The highest BCUT2D eigenvalue weighted by Crippen LogP contribution is 2.33. The average Bonchev–Trinajstić information content (AvgIpc) is 2.75. The minimum atomic E-state index is -3.74. The first-order chi connectivity index (χ1) is 9.33. The molecule has 0 saturated heterocycles. The van der Waals surface area contributed by atoms with Crippen molar-refractivity contribution < 1.29 is 12.8 Å².